The van der Waals surface area contributed by atoms with Gasteiger partial charge in [0.2, 0.25) is 0 Å². The standard InChI is InChI=1S/C20H26N2OS/c1-14-4-9-18-17(10-14)11-19(24-18)20(23)21-12-15-5-7-16(8-6-15)13-22(2)3/h5-8,11,14H,4,9-10,12-13H2,1-3H3,(H,21,23)/t14-/m1/s1. The molecular weight excluding hydrogens is 316 g/mol. The molecule has 1 aliphatic rings. The van der Waals surface area contributed by atoms with Crippen LogP contribution in [0.4, 0.5) is 0 Å². The number of amides is 1. The minimum Gasteiger partial charge on any atom is -0.347 e. The van der Waals surface area contributed by atoms with Crippen molar-refractivity contribution in [1.82, 2.24) is 10.2 Å². The zero-order valence-corrected chi connectivity index (χ0v) is 15.6. The Morgan fingerprint density at radius 2 is 1.96 bits per heavy atom. The number of fused-ring (bicyclic) bond motifs is 1. The maximum atomic E-state index is 12.4. The summed E-state index contributed by atoms with van der Waals surface area (Å²) in [6.45, 7) is 3.81. The van der Waals surface area contributed by atoms with E-state index in [0.29, 0.717) is 6.54 Å². The van der Waals surface area contributed by atoms with E-state index in [1.54, 1.807) is 11.3 Å². The fourth-order valence-electron chi connectivity index (χ4n) is 3.21. The molecule has 0 radical (unpaired) electrons. The molecule has 1 aromatic heterocycles. The molecule has 0 aliphatic heterocycles. The van der Waals surface area contributed by atoms with Crippen molar-refractivity contribution >= 4 is 17.2 Å². The molecule has 4 heteroatoms. The Labute approximate surface area is 148 Å². The van der Waals surface area contributed by atoms with E-state index in [0.717, 1.165) is 35.7 Å². The molecule has 0 saturated heterocycles. The second-order valence-electron chi connectivity index (χ2n) is 7.14. The highest BCUT2D eigenvalue weighted by atomic mass is 32.1. The normalized spacial score (nSPS) is 16.9. The molecule has 0 fully saturated rings. The summed E-state index contributed by atoms with van der Waals surface area (Å²) in [5.74, 6) is 0.795. The van der Waals surface area contributed by atoms with Gasteiger partial charge in [0.25, 0.3) is 5.91 Å². The molecule has 1 heterocycles. The molecule has 0 saturated carbocycles. The lowest BCUT2D eigenvalue weighted by molar-refractivity contribution is 0.0955. The first-order valence-electron chi connectivity index (χ1n) is 8.63. The van der Waals surface area contributed by atoms with Gasteiger partial charge in [-0.25, -0.2) is 0 Å². The number of carbonyl (C=O) groups is 1. The molecule has 24 heavy (non-hydrogen) atoms. The molecule has 128 valence electrons. The second-order valence-corrected chi connectivity index (χ2v) is 8.28. The van der Waals surface area contributed by atoms with E-state index in [9.17, 15) is 4.79 Å². The van der Waals surface area contributed by atoms with Gasteiger partial charge in [0.15, 0.2) is 0 Å². The number of aryl methyl sites for hydroxylation is 1. The van der Waals surface area contributed by atoms with Crippen molar-refractivity contribution < 1.29 is 4.79 Å². The van der Waals surface area contributed by atoms with Crippen LogP contribution in [0.5, 0.6) is 0 Å². The highest BCUT2D eigenvalue weighted by Crippen LogP contribution is 2.32. The lowest BCUT2D eigenvalue weighted by atomic mass is 9.90. The van der Waals surface area contributed by atoms with E-state index in [1.165, 1.54) is 22.4 Å². The van der Waals surface area contributed by atoms with Crippen LogP contribution in [0, 0.1) is 5.92 Å². The first-order chi connectivity index (χ1) is 11.5. The van der Waals surface area contributed by atoms with Gasteiger partial charge in [-0.2, -0.15) is 0 Å². The van der Waals surface area contributed by atoms with Gasteiger partial charge in [-0.3, -0.25) is 4.79 Å². The van der Waals surface area contributed by atoms with Gasteiger partial charge >= 0.3 is 0 Å². The Morgan fingerprint density at radius 3 is 2.67 bits per heavy atom. The number of nitrogens with zero attached hydrogens (tertiary/aromatic N) is 1. The lowest BCUT2D eigenvalue weighted by Gasteiger charge is -2.16. The van der Waals surface area contributed by atoms with Crippen molar-refractivity contribution in [3.8, 4) is 0 Å². The Hall–Kier alpha value is -1.65. The summed E-state index contributed by atoms with van der Waals surface area (Å²) in [6.07, 6.45) is 3.49. The van der Waals surface area contributed by atoms with E-state index < -0.39 is 0 Å². The number of rotatable bonds is 5. The van der Waals surface area contributed by atoms with E-state index in [2.05, 4.69) is 61.6 Å². The molecule has 0 unspecified atom stereocenters. The molecule has 1 atom stereocenters. The van der Waals surface area contributed by atoms with Crippen LogP contribution in [0.3, 0.4) is 0 Å². The SMILES string of the molecule is C[C@@H]1CCc2sc(C(=O)NCc3ccc(CN(C)C)cc3)cc2C1. The van der Waals surface area contributed by atoms with Crippen molar-refractivity contribution in [1.29, 1.82) is 0 Å². The Morgan fingerprint density at radius 1 is 1.25 bits per heavy atom. The first kappa shape index (κ1) is 17.2. The van der Waals surface area contributed by atoms with E-state index in [1.807, 2.05) is 0 Å². The Balaban J connectivity index is 1.57. The second kappa shape index (κ2) is 7.49. The van der Waals surface area contributed by atoms with Gasteiger partial charge in [0.05, 0.1) is 4.88 Å². The zero-order chi connectivity index (χ0) is 17.1. The van der Waals surface area contributed by atoms with Gasteiger partial charge in [-0.15, -0.1) is 11.3 Å². The fraction of sp³-hybridized carbons (Fsp3) is 0.450. The van der Waals surface area contributed by atoms with E-state index in [-0.39, 0.29) is 5.91 Å². The summed E-state index contributed by atoms with van der Waals surface area (Å²) in [5, 5.41) is 3.06. The van der Waals surface area contributed by atoms with Crippen LogP contribution in [0.1, 0.15) is 44.6 Å². The number of hydrogen-bond donors (Lipinski definition) is 1. The van der Waals surface area contributed by atoms with Crippen molar-refractivity contribution in [3.05, 3.63) is 56.8 Å². The van der Waals surface area contributed by atoms with Crippen LogP contribution in [0.25, 0.3) is 0 Å². The third kappa shape index (κ3) is 4.25. The number of nitrogens with one attached hydrogen (secondary N) is 1. The molecule has 0 bridgehead atoms. The molecule has 1 aromatic carbocycles. The molecule has 0 spiro atoms. The summed E-state index contributed by atoms with van der Waals surface area (Å²) >= 11 is 1.67. The monoisotopic (exact) mass is 342 g/mol. The molecule has 1 N–H and O–H groups in total. The van der Waals surface area contributed by atoms with Crippen LogP contribution >= 0.6 is 11.3 Å². The fourth-order valence-corrected chi connectivity index (χ4v) is 4.34. The number of thiophene rings is 1. The van der Waals surface area contributed by atoms with Gasteiger partial charge in [-0.05, 0) is 62.0 Å². The molecule has 1 amide bonds. The predicted molar refractivity (Wildman–Crippen MR) is 101 cm³/mol. The molecule has 3 nitrogen and oxygen atoms in total. The highest BCUT2D eigenvalue weighted by molar-refractivity contribution is 7.14. The molecule has 3 rings (SSSR count). The lowest BCUT2D eigenvalue weighted by Crippen LogP contribution is -2.21. The summed E-state index contributed by atoms with van der Waals surface area (Å²) < 4.78 is 0. The van der Waals surface area contributed by atoms with Gasteiger partial charge in [0, 0.05) is 18.0 Å². The zero-order valence-electron chi connectivity index (χ0n) is 14.8. The van der Waals surface area contributed by atoms with Crippen molar-refractivity contribution in [2.24, 2.45) is 5.92 Å². The summed E-state index contributed by atoms with van der Waals surface area (Å²) in [6, 6.07) is 10.6. The summed E-state index contributed by atoms with van der Waals surface area (Å²) in [7, 11) is 4.13. The largest absolute Gasteiger partial charge is 0.347 e. The van der Waals surface area contributed by atoms with Crippen LogP contribution in [-0.2, 0) is 25.9 Å². The molecular formula is C20H26N2OS. The summed E-state index contributed by atoms with van der Waals surface area (Å²) in [5.41, 5.74) is 3.81. The van der Waals surface area contributed by atoms with Crippen molar-refractivity contribution in [2.75, 3.05) is 14.1 Å². The van der Waals surface area contributed by atoms with Gasteiger partial charge in [-0.1, -0.05) is 31.2 Å². The average molecular weight is 343 g/mol. The Kier molecular flexibility index (Phi) is 5.36. The number of carbonyl (C=O) groups excluding carboxylic acids is 1. The van der Waals surface area contributed by atoms with E-state index >= 15 is 0 Å². The van der Waals surface area contributed by atoms with Crippen molar-refractivity contribution in [3.63, 3.8) is 0 Å². The Bertz CT molecular complexity index is 703. The van der Waals surface area contributed by atoms with Gasteiger partial charge in [0.1, 0.15) is 0 Å². The average Bonchev–Trinajstić information content (AvgIpc) is 2.96. The topological polar surface area (TPSA) is 32.3 Å². The van der Waals surface area contributed by atoms with Crippen LogP contribution in [0.2, 0.25) is 0 Å². The van der Waals surface area contributed by atoms with Crippen LogP contribution in [-0.4, -0.2) is 24.9 Å². The number of hydrogen-bond acceptors (Lipinski definition) is 3. The maximum absolute atomic E-state index is 12.4. The quantitative estimate of drug-likeness (QED) is 0.895. The van der Waals surface area contributed by atoms with Crippen LogP contribution in [0.15, 0.2) is 30.3 Å². The molecule has 2 aromatic rings. The van der Waals surface area contributed by atoms with Gasteiger partial charge < -0.3 is 10.2 Å². The summed E-state index contributed by atoms with van der Waals surface area (Å²) in [4.78, 5) is 16.8. The third-order valence-electron chi connectivity index (χ3n) is 4.53. The van der Waals surface area contributed by atoms with E-state index in [4.69, 9.17) is 0 Å². The smallest absolute Gasteiger partial charge is 0.261 e. The third-order valence-corrected chi connectivity index (χ3v) is 5.76. The number of benzene rings is 1. The van der Waals surface area contributed by atoms with Crippen molar-refractivity contribution in [2.45, 2.75) is 39.3 Å². The maximum Gasteiger partial charge on any atom is 0.261 e. The minimum absolute atomic E-state index is 0.0550. The minimum atomic E-state index is 0.0550. The predicted octanol–water partition coefficient (Wildman–Crippen LogP) is 3.86. The van der Waals surface area contributed by atoms with Crippen LogP contribution < -0.4 is 5.32 Å². The first-order valence-corrected chi connectivity index (χ1v) is 9.45. The molecule has 1 aliphatic carbocycles. The highest BCUT2D eigenvalue weighted by Gasteiger charge is 2.20.